The molecule has 0 spiro atoms. The number of thioether (sulfide) groups is 1. The summed E-state index contributed by atoms with van der Waals surface area (Å²) in [6.07, 6.45) is 0. The number of amides is 2. The van der Waals surface area contributed by atoms with E-state index in [-0.39, 0.29) is 41.1 Å². The molecule has 0 radical (unpaired) electrons. The van der Waals surface area contributed by atoms with E-state index in [0.29, 0.717) is 21.4 Å². The van der Waals surface area contributed by atoms with E-state index in [9.17, 15) is 19.2 Å². The number of rotatable bonds is 12. The minimum atomic E-state index is -0.694. The molecule has 0 unspecified atom stereocenters. The van der Waals surface area contributed by atoms with Crippen LogP contribution in [0.1, 0.15) is 73.0 Å². The van der Waals surface area contributed by atoms with Crippen LogP contribution in [0.15, 0.2) is 40.9 Å². The number of ether oxygens (including phenoxy) is 2. The van der Waals surface area contributed by atoms with Crippen LogP contribution in [0.3, 0.4) is 0 Å². The molecule has 0 aliphatic rings. The Kier molecular flexibility index (Phi) is 10.9. The molecule has 3 heterocycles. The number of nitrogens with one attached hydrogen (secondary N) is 2. The summed E-state index contributed by atoms with van der Waals surface area (Å²) in [5.41, 5.74) is 3.30. The zero-order valence-corrected chi connectivity index (χ0v) is 27.6. The van der Waals surface area contributed by atoms with E-state index in [1.54, 1.807) is 33.8 Å². The Morgan fingerprint density at radius 1 is 1.02 bits per heavy atom. The first-order valence-electron chi connectivity index (χ1n) is 13.8. The number of aryl methyl sites for hydroxylation is 2. The van der Waals surface area contributed by atoms with Crippen molar-refractivity contribution < 1.29 is 28.7 Å². The van der Waals surface area contributed by atoms with Crippen LogP contribution in [0.2, 0.25) is 0 Å². The number of nitrogens with zero attached hydrogens (tertiary/aromatic N) is 3. The predicted octanol–water partition coefficient (Wildman–Crippen LogP) is 5.72. The van der Waals surface area contributed by atoms with Gasteiger partial charge in [-0.2, -0.15) is 0 Å². The summed E-state index contributed by atoms with van der Waals surface area (Å²) < 4.78 is 12.2. The first kappa shape index (κ1) is 32.9. The van der Waals surface area contributed by atoms with Crippen molar-refractivity contribution in [1.82, 2.24) is 20.1 Å². The summed E-state index contributed by atoms with van der Waals surface area (Å²) in [5.74, 6) is -1.36. The second-order valence-corrected chi connectivity index (χ2v) is 12.9. The van der Waals surface area contributed by atoms with Crippen molar-refractivity contribution in [1.29, 1.82) is 0 Å². The number of esters is 2. The molecule has 11 nitrogen and oxygen atoms in total. The smallest absolute Gasteiger partial charge is 0.348 e. The summed E-state index contributed by atoms with van der Waals surface area (Å²) in [6.45, 7) is 11.0. The van der Waals surface area contributed by atoms with Crippen molar-refractivity contribution in [3.8, 4) is 5.69 Å². The highest BCUT2D eigenvalue weighted by Crippen LogP contribution is 2.35. The van der Waals surface area contributed by atoms with E-state index in [1.165, 1.54) is 23.1 Å². The number of hydrogen-bond acceptors (Lipinski definition) is 11. The Labute approximate surface area is 267 Å². The van der Waals surface area contributed by atoms with Crippen molar-refractivity contribution in [3.05, 3.63) is 73.5 Å². The molecule has 1 atom stereocenters. The van der Waals surface area contributed by atoms with E-state index < -0.39 is 23.1 Å². The molecule has 0 aliphatic heterocycles. The maximum atomic E-state index is 13.5. The fraction of sp³-hybridized carbons (Fsp3) is 0.333. The summed E-state index contributed by atoms with van der Waals surface area (Å²) >= 11 is 3.48. The molecule has 0 saturated heterocycles. The van der Waals surface area contributed by atoms with E-state index in [1.807, 2.05) is 48.1 Å². The van der Waals surface area contributed by atoms with Crippen molar-refractivity contribution in [3.63, 3.8) is 0 Å². The summed E-state index contributed by atoms with van der Waals surface area (Å²) in [5, 5.41) is 16.2. The Morgan fingerprint density at radius 3 is 2.43 bits per heavy atom. The molecule has 232 valence electrons. The molecule has 0 aliphatic carbocycles. The Hall–Kier alpha value is -4.01. The third-order valence-electron chi connectivity index (χ3n) is 6.43. The molecule has 0 saturated carbocycles. The molecule has 0 bridgehead atoms. The van der Waals surface area contributed by atoms with Gasteiger partial charge in [-0.25, -0.2) is 9.59 Å². The SMILES string of the molecule is CCOC(=O)c1sc(NC(=O)[C@H](C)Sc2nnc(CNC(=O)c3cccs3)n2-c2cc(C)ccc2C)c(C(=O)OCC)c1C. The number of aromatic nitrogens is 3. The zero-order chi connectivity index (χ0) is 32.0. The molecule has 0 fully saturated rings. The number of benzene rings is 1. The van der Waals surface area contributed by atoms with Crippen LogP contribution >= 0.6 is 34.4 Å². The second kappa shape index (κ2) is 14.6. The van der Waals surface area contributed by atoms with Gasteiger partial charge in [0, 0.05) is 0 Å². The maximum Gasteiger partial charge on any atom is 0.348 e. The molecular weight excluding hydrogens is 623 g/mol. The highest BCUT2D eigenvalue weighted by molar-refractivity contribution is 8.00. The topological polar surface area (TPSA) is 142 Å². The molecule has 1 aromatic carbocycles. The van der Waals surface area contributed by atoms with E-state index >= 15 is 0 Å². The molecule has 4 rings (SSSR count). The minimum Gasteiger partial charge on any atom is -0.462 e. The fourth-order valence-electron chi connectivity index (χ4n) is 4.21. The first-order valence-corrected chi connectivity index (χ1v) is 16.4. The van der Waals surface area contributed by atoms with Crippen molar-refractivity contribution in [2.75, 3.05) is 18.5 Å². The standard InChI is InChI=1S/C30H33N5O6S3/c1-7-40-28(38)23-18(5)24(29(39)41-8-2)44-27(23)32-25(36)19(6)43-30-34-33-22(15-31-26(37)21-10-9-13-42-21)35(30)20-14-16(3)11-12-17(20)4/h9-14,19H,7-8,15H2,1-6H3,(H,31,37)(H,32,36)/t19-/m0/s1. The summed E-state index contributed by atoms with van der Waals surface area (Å²) in [4.78, 5) is 52.3. The van der Waals surface area contributed by atoms with Gasteiger partial charge in [0.2, 0.25) is 5.91 Å². The number of thiophene rings is 2. The number of carbonyl (C=O) groups excluding carboxylic acids is 4. The third kappa shape index (κ3) is 7.37. The molecule has 2 N–H and O–H groups in total. The highest BCUT2D eigenvalue weighted by Gasteiger charge is 2.29. The van der Waals surface area contributed by atoms with Crippen LogP contribution in [-0.4, -0.2) is 57.0 Å². The highest BCUT2D eigenvalue weighted by atomic mass is 32.2. The molecule has 44 heavy (non-hydrogen) atoms. The van der Waals surface area contributed by atoms with Crippen molar-refractivity contribution in [2.24, 2.45) is 0 Å². The van der Waals surface area contributed by atoms with Crippen molar-refractivity contribution in [2.45, 2.75) is 58.5 Å². The Morgan fingerprint density at radius 2 is 1.75 bits per heavy atom. The maximum absolute atomic E-state index is 13.5. The molecule has 4 aromatic rings. The Bertz CT molecular complexity index is 1680. The van der Waals surface area contributed by atoms with Gasteiger partial charge in [-0.1, -0.05) is 30.0 Å². The third-order valence-corrected chi connectivity index (χ3v) is 9.53. The van der Waals surface area contributed by atoms with Gasteiger partial charge in [-0.3, -0.25) is 14.2 Å². The Balaban J connectivity index is 1.62. The largest absolute Gasteiger partial charge is 0.462 e. The van der Waals surface area contributed by atoms with Crippen LogP contribution < -0.4 is 10.6 Å². The molecule has 3 aromatic heterocycles. The van der Waals surface area contributed by atoms with Crippen LogP contribution in [-0.2, 0) is 20.8 Å². The number of carbonyl (C=O) groups is 4. The number of hydrogen-bond donors (Lipinski definition) is 2. The van der Waals surface area contributed by atoms with Crippen LogP contribution in [0, 0.1) is 20.8 Å². The first-order chi connectivity index (χ1) is 21.0. The molecular formula is C30H33N5O6S3. The van der Waals surface area contributed by atoms with Crippen molar-refractivity contribution >= 4 is 63.2 Å². The number of anilines is 1. The van der Waals surface area contributed by atoms with Crippen LogP contribution in [0.5, 0.6) is 0 Å². The van der Waals surface area contributed by atoms with Gasteiger partial charge in [0.1, 0.15) is 9.88 Å². The fourth-order valence-corrected chi connectivity index (χ4v) is 6.83. The normalized spacial score (nSPS) is 11.6. The average molecular weight is 656 g/mol. The lowest BCUT2D eigenvalue weighted by Crippen LogP contribution is -2.25. The summed E-state index contributed by atoms with van der Waals surface area (Å²) in [7, 11) is 0. The van der Waals surface area contributed by atoms with E-state index in [0.717, 1.165) is 28.2 Å². The zero-order valence-electron chi connectivity index (χ0n) is 25.2. The lowest BCUT2D eigenvalue weighted by molar-refractivity contribution is -0.115. The van der Waals surface area contributed by atoms with Gasteiger partial charge < -0.3 is 20.1 Å². The van der Waals surface area contributed by atoms with Gasteiger partial charge >= 0.3 is 11.9 Å². The lowest BCUT2D eigenvalue weighted by atomic mass is 10.1. The predicted molar refractivity (Wildman–Crippen MR) is 171 cm³/mol. The molecule has 14 heteroatoms. The quantitative estimate of drug-likeness (QED) is 0.145. The summed E-state index contributed by atoms with van der Waals surface area (Å²) in [6, 6.07) is 9.54. The van der Waals surface area contributed by atoms with Gasteiger partial charge in [0.05, 0.1) is 41.1 Å². The minimum absolute atomic E-state index is 0.117. The van der Waals surface area contributed by atoms with Gasteiger partial charge in [0.15, 0.2) is 11.0 Å². The van der Waals surface area contributed by atoms with Crippen LogP contribution in [0.4, 0.5) is 5.00 Å². The van der Waals surface area contributed by atoms with Gasteiger partial charge in [-0.05, 0) is 75.7 Å². The average Bonchev–Trinajstić information content (AvgIpc) is 3.73. The van der Waals surface area contributed by atoms with Crippen LogP contribution in [0.25, 0.3) is 5.69 Å². The van der Waals surface area contributed by atoms with Gasteiger partial charge in [0.25, 0.3) is 5.91 Å². The molecule has 2 amide bonds. The second-order valence-electron chi connectivity index (χ2n) is 9.63. The van der Waals surface area contributed by atoms with Gasteiger partial charge in [-0.15, -0.1) is 32.9 Å². The monoisotopic (exact) mass is 655 g/mol. The lowest BCUT2D eigenvalue weighted by Gasteiger charge is -2.16. The van der Waals surface area contributed by atoms with E-state index in [4.69, 9.17) is 9.47 Å². The van der Waals surface area contributed by atoms with E-state index in [2.05, 4.69) is 20.8 Å².